The van der Waals surface area contributed by atoms with Gasteiger partial charge in [-0.15, -0.1) is 10.2 Å². The van der Waals surface area contributed by atoms with Crippen LogP contribution in [0.2, 0.25) is 0 Å². The summed E-state index contributed by atoms with van der Waals surface area (Å²) < 4.78 is 25.7. The molecule has 29 heavy (non-hydrogen) atoms. The van der Waals surface area contributed by atoms with E-state index in [0.717, 1.165) is 5.56 Å². The number of carboxylic acid groups (broad SMARTS) is 1. The minimum absolute atomic E-state index is 0.146. The van der Waals surface area contributed by atoms with Crippen molar-refractivity contribution in [3.05, 3.63) is 53.8 Å². The van der Waals surface area contributed by atoms with Crippen LogP contribution in [0.15, 0.2) is 52.7 Å². The molecule has 0 bridgehead atoms. The van der Waals surface area contributed by atoms with Gasteiger partial charge in [0.25, 0.3) is 0 Å². The number of thioether (sulfide) groups is 1. The molecule has 1 unspecified atom stereocenters. The molecule has 1 atom stereocenters. The van der Waals surface area contributed by atoms with Gasteiger partial charge in [0.1, 0.15) is 5.82 Å². The number of halogens is 1. The van der Waals surface area contributed by atoms with E-state index in [9.17, 15) is 14.3 Å². The summed E-state index contributed by atoms with van der Waals surface area (Å²) in [6, 6.07) is 11.2. The second-order valence-corrected chi connectivity index (χ2v) is 7.55. The van der Waals surface area contributed by atoms with Crippen molar-refractivity contribution in [3.8, 4) is 22.9 Å². The summed E-state index contributed by atoms with van der Waals surface area (Å²) in [5.74, 6) is 0.410. The Morgan fingerprint density at radius 3 is 2.69 bits per heavy atom. The number of carbonyl (C=O) groups is 1. The SMILES string of the molecule is O=C(O)CC1Sc2nnc(-c3ccc4c(c3)OCO4)n2N=C1c1ccc(F)cc1. The number of hydrogen-bond acceptors (Lipinski definition) is 7. The molecule has 2 aliphatic heterocycles. The first kappa shape index (κ1) is 17.7. The van der Waals surface area contributed by atoms with Gasteiger partial charge in [0.15, 0.2) is 17.3 Å². The van der Waals surface area contributed by atoms with Gasteiger partial charge in [-0.1, -0.05) is 23.9 Å². The normalized spacial score (nSPS) is 17.0. The molecule has 10 heteroatoms. The van der Waals surface area contributed by atoms with Gasteiger partial charge < -0.3 is 14.6 Å². The maximum Gasteiger partial charge on any atom is 0.304 e. The molecule has 0 fully saturated rings. The molecule has 0 radical (unpaired) electrons. The summed E-state index contributed by atoms with van der Waals surface area (Å²) in [4.78, 5) is 11.3. The van der Waals surface area contributed by atoms with E-state index in [1.165, 1.54) is 23.9 Å². The third-order valence-corrected chi connectivity index (χ3v) is 5.64. The molecule has 1 N–H and O–H groups in total. The van der Waals surface area contributed by atoms with Crippen molar-refractivity contribution in [1.29, 1.82) is 0 Å². The number of aromatic nitrogens is 3. The van der Waals surface area contributed by atoms with Crippen molar-refractivity contribution in [3.63, 3.8) is 0 Å². The van der Waals surface area contributed by atoms with Crippen molar-refractivity contribution in [2.75, 3.05) is 6.79 Å². The highest BCUT2D eigenvalue weighted by molar-refractivity contribution is 8.00. The minimum Gasteiger partial charge on any atom is -0.481 e. The molecule has 146 valence electrons. The van der Waals surface area contributed by atoms with Gasteiger partial charge in [-0.2, -0.15) is 9.78 Å². The van der Waals surface area contributed by atoms with Gasteiger partial charge in [0.2, 0.25) is 11.9 Å². The molecule has 0 saturated carbocycles. The molecule has 8 nitrogen and oxygen atoms in total. The number of hydrogen-bond donors (Lipinski definition) is 1. The lowest BCUT2D eigenvalue weighted by Crippen LogP contribution is -2.27. The number of aliphatic carboxylic acids is 1. The second-order valence-electron chi connectivity index (χ2n) is 6.38. The lowest BCUT2D eigenvalue weighted by Gasteiger charge is -2.22. The van der Waals surface area contributed by atoms with Crippen LogP contribution in [0.5, 0.6) is 11.5 Å². The highest BCUT2D eigenvalue weighted by atomic mass is 32.2. The molecule has 5 rings (SSSR count). The Morgan fingerprint density at radius 1 is 1.14 bits per heavy atom. The highest BCUT2D eigenvalue weighted by Gasteiger charge is 2.31. The first-order valence-corrected chi connectivity index (χ1v) is 9.55. The fourth-order valence-electron chi connectivity index (χ4n) is 3.16. The van der Waals surface area contributed by atoms with Crippen LogP contribution in [-0.4, -0.2) is 43.7 Å². The van der Waals surface area contributed by atoms with Gasteiger partial charge in [-0.3, -0.25) is 4.79 Å². The summed E-state index contributed by atoms with van der Waals surface area (Å²) in [6.07, 6.45) is -0.146. The van der Waals surface area contributed by atoms with Crippen LogP contribution >= 0.6 is 11.8 Å². The van der Waals surface area contributed by atoms with Crippen LogP contribution in [0.25, 0.3) is 11.4 Å². The zero-order chi connectivity index (χ0) is 20.0. The molecule has 0 spiro atoms. The van der Waals surface area contributed by atoms with Crippen LogP contribution in [-0.2, 0) is 4.79 Å². The quantitative estimate of drug-likeness (QED) is 0.703. The van der Waals surface area contributed by atoms with Crippen LogP contribution < -0.4 is 9.47 Å². The van der Waals surface area contributed by atoms with Gasteiger partial charge in [-0.25, -0.2) is 4.39 Å². The second kappa shape index (κ2) is 6.89. The first-order valence-electron chi connectivity index (χ1n) is 8.67. The number of rotatable bonds is 4. The van der Waals surface area contributed by atoms with Crippen LogP contribution in [0.3, 0.4) is 0 Å². The maximum atomic E-state index is 13.4. The maximum absolute atomic E-state index is 13.4. The molecule has 0 aliphatic carbocycles. The summed E-state index contributed by atoms with van der Waals surface area (Å²) in [6.45, 7) is 0.163. The van der Waals surface area contributed by atoms with Crippen molar-refractivity contribution in [2.45, 2.75) is 16.8 Å². The van der Waals surface area contributed by atoms with E-state index in [0.29, 0.717) is 33.8 Å². The third kappa shape index (κ3) is 3.21. The predicted molar refractivity (Wildman–Crippen MR) is 102 cm³/mol. The predicted octanol–water partition coefficient (Wildman–Crippen LogP) is 3.01. The minimum atomic E-state index is -0.957. The summed E-state index contributed by atoms with van der Waals surface area (Å²) >= 11 is 1.26. The number of nitrogens with zero attached hydrogens (tertiary/aromatic N) is 4. The zero-order valence-corrected chi connectivity index (χ0v) is 15.6. The van der Waals surface area contributed by atoms with E-state index in [4.69, 9.17) is 9.47 Å². The largest absolute Gasteiger partial charge is 0.481 e. The summed E-state index contributed by atoms with van der Waals surface area (Å²) in [5, 5.41) is 22.3. The lowest BCUT2D eigenvalue weighted by atomic mass is 10.1. The Labute approximate surface area is 168 Å². The number of carboxylic acids is 1. The van der Waals surface area contributed by atoms with Crippen molar-refractivity contribution < 1.29 is 23.8 Å². The van der Waals surface area contributed by atoms with Crippen molar-refractivity contribution >= 4 is 23.4 Å². The molecule has 2 aromatic carbocycles. The monoisotopic (exact) mass is 412 g/mol. The van der Waals surface area contributed by atoms with Crippen LogP contribution in [0.1, 0.15) is 12.0 Å². The molecular weight excluding hydrogens is 399 g/mol. The smallest absolute Gasteiger partial charge is 0.304 e. The Hall–Kier alpha value is -3.40. The lowest BCUT2D eigenvalue weighted by molar-refractivity contribution is -0.136. The molecular formula is C19H13FN4O4S. The van der Waals surface area contributed by atoms with Gasteiger partial charge in [0.05, 0.1) is 17.4 Å². The Kier molecular flexibility index (Phi) is 4.20. The fraction of sp³-hybridized carbons (Fsp3) is 0.158. The van der Waals surface area contributed by atoms with Gasteiger partial charge >= 0.3 is 5.97 Å². The highest BCUT2D eigenvalue weighted by Crippen LogP contribution is 2.38. The third-order valence-electron chi connectivity index (χ3n) is 4.50. The number of ether oxygens (including phenoxy) is 2. The Bertz CT molecular complexity index is 1150. The topological polar surface area (TPSA) is 98.8 Å². The molecule has 0 saturated heterocycles. The van der Waals surface area contributed by atoms with E-state index < -0.39 is 11.2 Å². The average molecular weight is 412 g/mol. The average Bonchev–Trinajstić information content (AvgIpc) is 3.33. The summed E-state index contributed by atoms with van der Waals surface area (Å²) in [7, 11) is 0. The van der Waals surface area contributed by atoms with Gasteiger partial charge in [0, 0.05) is 5.56 Å². The fourth-order valence-corrected chi connectivity index (χ4v) is 4.25. The van der Waals surface area contributed by atoms with E-state index in [2.05, 4.69) is 15.3 Å². The first-order chi connectivity index (χ1) is 14.1. The molecule has 2 aliphatic rings. The summed E-state index contributed by atoms with van der Waals surface area (Å²) in [5.41, 5.74) is 1.89. The molecule has 1 aromatic heterocycles. The van der Waals surface area contributed by atoms with Gasteiger partial charge in [-0.05, 0) is 35.9 Å². The van der Waals surface area contributed by atoms with E-state index in [1.54, 1.807) is 28.9 Å². The molecule has 3 heterocycles. The van der Waals surface area contributed by atoms with Crippen molar-refractivity contribution in [1.82, 2.24) is 14.9 Å². The van der Waals surface area contributed by atoms with E-state index in [1.807, 2.05) is 6.07 Å². The zero-order valence-electron chi connectivity index (χ0n) is 14.8. The van der Waals surface area contributed by atoms with Crippen LogP contribution in [0, 0.1) is 5.82 Å². The number of fused-ring (bicyclic) bond motifs is 2. The van der Waals surface area contributed by atoms with Crippen LogP contribution in [0.4, 0.5) is 4.39 Å². The molecule has 3 aromatic rings. The van der Waals surface area contributed by atoms with Crippen molar-refractivity contribution in [2.24, 2.45) is 5.10 Å². The Balaban J connectivity index is 1.60. The van der Waals surface area contributed by atoms with E-state index >= 15 is 0 Å². The number of benzene rings is 2. The Morgan fingerprint density at radius 2 is 1.90 bits per heavy atom. The van der Waals surface area contributed by atoms with E-state index in [-0.39, 0.29) is 19.0 Å². The molecule has 0 amide bonds. The standard InChI is InChI=1S/C19H13FN4O4S/c20-12-4-1-10(2-5-12)17-15(8-16(25)26)29-19-22-21-18(24(19)23-17)11-3-6-13-14(7-11)28-9-27-13/h1-7,15H,8-9H2,(H,25,26).